The molecule has 3 aromatic carbocycles. The Balaban J connectivity index is 1.94. The minimum atomic E-state index is -0.0759. The van der Waals surface area contributed by atoms with Crippen molar-refractivity contribution in [1.82, 2.24) is 0 Å². The molecule has 3 heteroatoms. The van der Waals surface area contributed by atoms with Crippen molar-refractivity contribution in [2.75, 3.05) is 0 Å². The zero-order valence-corrected chi connectivity index (χ0v) is 13.7. The Morgan fingerprint density at radius 1 is 0.880 bits per heavy atom. The zero-order chi connectivity index (χ0) is 17.4. The lowest BCUT2D eigenvalue weighted by Gasteiger charge is -2.04. The average Bonchev–Trinajstić information content (AvgIpc) is 3.02. The van der Waals surface area contributed by atoms with Crippen molar-refractivity contribution in [3.63, 3.8) is 0 Å². The van der Waals surface area contributed by atoms with E-state index < -0.39 is 0 Å². The highest BCUT2D eigenvalue weighted by Gasteiger charge is 2.22. The van der Waals surface area contributed by atoms with E-state index in [2.05, 4.69) is 0 Å². The van der Waals surface area contributed by atoms with Crippen LogP contribution >= 0.6 is 0 Å². The summed E-state index contributed by atoms with van der Waals surface area (Å²) in [5.41, 5.74) is 3.69. The van der Waals surface area contributed by atoms with E-state index in [-0.39, 0.29) is 11.5 Å². The molecule has 0 saturated heterocycles. The molecule has 0 aliphatic rings. The van der Waals surface area contributed by atoms with E-state index in [1.807, 2.05) is 55.5 Å². The van der Waals surface area contributed by atoms with Gasteiger partial charge in [-0.3, -0.25) is 4.79 Å². The molecule has 0 bridgehead atoms. The van der Waals surface area contributed by atoms with Crippen LogP contribution in [0.4, 0.5) is 0 Å². The second-order valence-corrected chi connectivity index (χ2v) is 6.04. The molecule has 4 rings (SSSR count). The summed E-state index contributed by atoms with van der Waals surface area (Å²) in [6, 6.07) is 21.7. The molecule has 0 spiro atoms. The van der Waals surface area contributed by atoms with Gasteiger partial charge in [0.1, 0.15) is 17.1 Å². The minimum absolute atomic E-state index is 0.0759. The van der Waals surface area contributed by atoms with Gasteiger partial charge < -0.3 is 9.52 Å². The normalized spacial score (nSPS) is 10.9. The molecule has 0 atom stereocenters. The van der Waals surface area contributed by atoms with Crippen LogP contribution in [0.15, 0.2) is 77.2 Å². The molecule has 1 N–H and O–H groups in total. The highest BCUT2D eigenvalue weighted by molar-refractivity contribution is 6.19. The molecule has 3 nitrogen and oxygen atoms in total. The first-order valence-corrected chi connectivity index (χ1v) is 8.06. The lowest BCUT2D eigenvalue weighted by atomic mass is 9.97. The largest absolute Gasteiger partial charge is 0.508 e. The summed E-state index contributed by atoms with van der Waals surface area (Å²) in [5.74, 6) is 0.617. The van der Waals surface area contributed by atoms with E-state index in [0.29, 0.717) is 22.5 Å². The third kappa shape index (κ3) is 2.70. The van der Waals surface area contributed by atoms with Crippen molar-refractivity contribution < 1.29 is 14.3 Å². The molecule has 0 radical (unpaired) electrons. The molecule has 122 valence electrons. The number of phenols is 1. The number of fused-ring (bicyclic) bond motifs is 1. The number of aromatic hydroxyl groups is 1. The third-order valence-electron chi connectivity index (χ3n) is 4.27. The van der Waals surface area contributed by atoms with Crippen LogP contribution in [0.1, 0.15) is 21.5 Å². The van der Waals surface area contributed by atoms with Crippen LogP contribution in [-0.4, -0.2) is 10.9 Å². The maximum atomic E-state index is 13.2. The van der Waals surface area contributed by atoms with Gasteiger partial charge in [0.2, 0.25) is 0 Å². The van der Waals surface area contributed by atoms with E-state index in [4.69, 9.17) is 4.42 Å². The second-order valence-electron chi connectivity index (χ2n) is 6.04. The number of furan rings is 1. The highest BCUT2D eigenvalue weighted by Crippen LogP contribution is 2.35. The fourth-order valence-corrected chi connectivity index (χ4v) is 2.94. The molecule has 0 saturated carbocycles. The number of rotatable bonds is 3. The molecule has 25 heavy (non-hydrogen) atoms. The predicted molar refractivity (Wildman–Crippen MR) is 97.9 cm³/mol. The average molecular weight is 328 g/mol. The summed E-state index contributed by atoms with van der Waals surface area (Å²) in [6.07, 6.45) is 0. The van der Waals surface area contributed by atoms with Gasteiger partial charge in [0.25, 0.3) is 0 Å². The minimum Gasteiger partial charge on any atom is -0.508 e. The van der Waals surface area contributed by atoms with Crippen molar-refractivity contribution in [2.45, 2.75) is 6.92 Å². The summed E-state index contributed by atoms with van der Waals surface area (Å²) >= 11 is 0. The Morgan fingerprint density at radius 3 is 2.28 bits per heavy atom. The van der Waals surface area contributed by atoms with Gasteiger partial charge in [-0.2, -0.15) is 0 Å². The third-order valence-corrected chi connectivity index (χ3v) is 4.27. The van der Waals surface area contributed by atoms with Gasteiger partial charge in [0, 0.05) is 16.5 Å². The van der Waals surface area contributed by atoms with Crippen molar-refractivity contribution in [1.29, 1.82) is 0 Å². The lowest BCUT2D eigenvalue weighted by Crippen LogP contribution is -2.02. The molecular formula is C22H16O3. The van der Waals surface area contributed by atoms with Gasteiger partial charge in [-0.15, -0.1) is 0 Å². The molecule has 0 aliphatic carbocycles. The lowest BCUT2D eigenvalue weighted by molar-refractivity contribution is 0.104. The van der Waals surface area contributed by atoms with Crippen LogP contribution in [-0.2, 0) is 0 Å². The number of aryl methyl sites for hydroxylation is 1. The number of para-hydroxylation sites is 1. The fourth-order valence-electron chi connectivity index (χ4n) is 2.94. The molecule has 0 aliphatic heterocycles. The number of benzene rings is 3. The number of hydrogen-bond donors (Lipinski definition) is 1. The van der Waals surface area contributed by atoms with Gasteiger partial charge in [0.05, 0.1) is 5.56 Å². The maximum absolute atomic E-state index is 13.2. The Bertz CT molecular complexity index is 1050. The van der Waals surface area contributed by atoms with Crippen LogP contribution in [0.25, 0.3) is 22.3 Å². The Hall–Kier alpha value is -3.33. The van der Waals surface area contributed by atoms with E-state index in [1.54, 1.807) is 24.3 Å². The van der Waals surface area contributed by atoms with Gasteiger partial charge in [0.15, 0.2) is 5.78 Å². The first-order valence-electron chi connectivity index (χ1n) is 8.06. The van der Waals surface area contributed by atoms with Gasteiger partial charge in [-0.05, 0) is 37.3 Å². The summed E-state index contributed by atoms with van der Waals surface area (Å²) in [5, 5.41) is 10.3. The van der Waals surface area contributed by atoms with Crippen LogP contribution in [0, 0.1) is 6.92 Å². The Morgan fingerprint density at radius 2 is 1.56 bits per heavy atom. The highest BCUT2D eigenvalue weighted by atomic mass is 16.3. The molecular weight excluding hydrogens is 312 g/mol. The van der Waals surface area contributed by atoms with Gasteiger partial charge >= 0.3 is 0 Å². The molecule has 0 amide bonds. The summed E-state index contributed by atoms with van der Waals surface area (Å²) in [6.45, 7) is 1.99. The van der Waals surface area contributed by atoms with Crippen molar-refractivity contribution in [3.05, 3.63) is 89.5 Å². The first kappa shape index (κ1) is 15.2. The first-order chi connectivity index (χ1) is 12.1. The van der Waals surface area contributed by atoms with Gasteiger partial charge in [-0.1, -0.05) is 48.0 Å². The zero-order valence-electron chi connectivity index (χ0n) is 13.7. The van der Waals surface area contributed by atoms with Crippen LogP contribution < -0.4 is 0 Å². The topological polar surface area (TPSA) is 50.4 Å². The quantitative estimate of drug-likeness (QED) is 0.516. The molecule has 0 fully saturated rings. The standard InChI is InChI=1S/C22H16O3/c1-14-6-8-15(9-7-14)21(24)20-18-4-2-3-5-19(18)25-22(20)16-10-12-17(23)13-11-16/h2-13,23H,1H3. The fraction of sp³-hybridized carbons (Fsp3) is 0.0455. The number of carbonyl (C=O) groups is 1. The van der Waals surface area contributed by atoms with Crippen molar-refractivity contribution >= 4 is 16.8 Å². The van der Waals surface area contributed by atoms with Crippen molar-refractivity contribution in [2.24, 2.45) is 0 Å². The number of carbonyl (C=O) groups excluding carboxylic acids is 1. The van der Waals surface area contributed by atoms with Crippen LogP contribution in [0.3, 0.4) is 0 Å². The summed E-state index contributed by atoms with van der Waals surface area (Å²) in [4.78, 5) is 13.2. The number of hydrogen-bond acceptors (Lipinski definition) is 3. The van der Waals surface area contributed by atoms with E-state index in [0.717, 1.165) is 16.5 Å². The molecule has 1 heterocycles. The van der Waals surface area contributed by atoms with Crippen LogP contribution in [0.2, 0.25) is 0 Å². The SMILES string of the molecule is Cc1ccc(C(=O)c2c(-c3ccc(O)cc3)oc3ccccc23)cc1. The smallest absolute Gasteiger partial charge is 0.197 e. The summed E-state index contributed by atoms with van der Waals surface area (Å²) in [7, 11) is 0. The van der Waals surface area contributed by atoms with E-state index in [1.165, 1.54) is 0 Å². The van der Waals surface area contributed by atoms with Crippen molar-refractivity contribution in [3.8, 4) is 17.1 Å². The van der Waals surface area contributed by atoms with E-state index in [9.17, 15) is 9.90 Å². The maximum Gasteiger partial charge on any atom is 0.197 e. The van der Waals surface area contributed by atoms with Gasteiger partial charge in [-0.25, -0.2) is 0 Å². The monoisotopic (exact) mass is 328 g/mol. The molecule has 4 aromatic rings. The molecule has 1 aromatic heterocycles. The second kappa shape index (κ2) is 5.95. The number of ketones is 1. The van der Waals surface area contributed by atoms with Crippen LogP contribution in [0.5, 0.6) is 5.75 Å². The molecule has 0 unspecified atom stereocenters. The van der Waals surface area contributed by atoms with E-state index >= 15 is 0 Å². The Labute approximate surface area is 145 Å². The Kier molecular flexibility index (Phi) is 3.62. The summed E-state index contributed by atoms with van der Waals surface area (Å²) < 4.78 is 5.99. The number of phenolic OH excluding ortho intramolecular Hbond substituents is 1. The predicted octanol–water partition coefficient (Wildman–Crippen LogP) is 5.34.